The molecule has 8 bridgehead atoms. The molecule has 7 aromatic rings. The lowest BCUT2D eigenvalue weighted by Gasteiger charge is -2.06. The number of nitrogens with zero attached hydrogens (tertiary/aromatic N) is 3. The molecule has 48 heavy (non-hydrogen) atoms. The average Bonchev–Trinajstić information content (AvgIpc) is 3.98. The van der Waals surface area contributed by atoms with Crippen molar-refractivity contribution in [3.05, 3.63) is 163 Å². The number of hydrogen-bond acceptors (Lipinski definition) is 3. The van der Waals surface area contributed by atoms with Gasteiger partial charge in [0.25, 0.3) is 0 Å². The molecule has 4 aromatic heterocycles. The van der Waals surface area contributed by atoms with Gasteiger partial charge in [-0.2, -0.15) is 0 Å². The number of aromatic amines is 2. The number of rotatable bonds is 4. The predicted octanol–water partition coefficient (Wildman–Crippen LogP) is 10.7. The van der Waals surface area contributed by atoms with Crippen LogP contribution in [0.5, 0.6) is 0 Å². The second-order valence-corrected chi connectivity index (χ2v) is 11.8. The van der Waals surface area contributed by atoms with Crippen LogP contribution in [0.4, 0.5) is 0 Å². The largest absolute Gasteiger partial charge is 0.354 e. The molecule has 9 rings (SSSR count). The van der Waals surface area contributed by atoms with Crippen LogP contribution in [0.2, 0.25) is 0 Å². The Kier molecular flexibility index (Phi) is 6.72. The molecule has 2 N–H and O–H groups in total. The Morgan fingerprint density at radius 3 is 1.12 bits per heavy atom. The fourth-order valence-corrected chi connectivity index (χ4v) is 6.75. The minimum absolute atomic E-state index is 0.874. The quantitative estimate of drug-likeness (QED) is 0.207. The second kappa shape index (κ2) is 11.6. The standard InChI is InChI=1S/C43H29N5/c1-4-11-28(12-5-1)40-32-18-20-34(45-32)41(29-13-6-2-7-14-29)36-22-24-38(47-36)43(31-17-10-26-44-27-31)39-25-23-37(48-39)42(30-15-8-3-9-16-30)35-21-19-33(40)46-35/h1-27,47-48H. The van der Waals surface area contributed by atoms with E-state index in [0.29, 0.717) is 0 Å². The normalized spacial score (nSPS) is 12.0. The van der Waals surface area contributed by atoms with E-state index < -0.39 is 0 Å². The van der Waals surface area contributed by atoms with Crippen LogP contribution in [0, 0.1) is 0 Å². The third-order valence-corrected chi connectivity index (χ3v) is 8.89. The lowest BCUT2D eigenvalue weighted by atomic mass is 10.0. The molecule has 0 radical (unpaired) electrons. The van der Waals surface area contributed by atoms with Gasteiger partial charge in [0.05, 0.1) is 22.8 Å². The van der Waals surface area contributed by atoms with E-state index in [4.69, 9.17) is 9.97 Å². The first-order valence-electron chi connectivity index (χ1n) is 16.0. The van der Waals surface area contributed by atoms with Crippen LogP contribution in [0.1, 0.15) is 22.8 Å². The van der Waals surface area contributed by atoms with Crippen molar-refractivity contribution < 1.29 is 0 Å². The van der Waals surface area contributed by atoms with Crippen LogP contribution in [0.3, 0.4) is 0 Å². The first-order chi connectivity index (χ1) is 23.8. The summed E-state index contributed by atoms with van der Waals surface area (Å²) in [4.78, 5) is 22.7. The van der Waals surface area contributed by atoms with Crippen molar-refractivity contribution in [1.29, 1.82) is 0 Å². The Balaban J connectivity index is 1.49. The van der Waals surface area contributed by atoms with Gasteiger partial charge in [0, 0.05) is 62.3 Å². The first kappa shape index (κ1) is 27.7. The Morgan fingerprint density at radius 1 is 0.333 bits per heavy atom. The summed E-state index contributed by atoms with van der Waals surface area (Å²) < 4.78 is 0. The zero-order valence-corrected chi connectivity index (χ0v) is 25.9. The summed E-state index contributed by atoms with van der Waals surface area (Å²) in [6.07, 6.45) is 12.2. The maximum atomic E-state index is 5.32. The highest BCUT2D eigenvalue weighted by molar-refractivity contribution is 6.00. The molecule has 0 aliphatic carbocycles. The molecular weight excluding hydrogens is 587 g/mol. The molecule has 0 saturated heterocycles. The minimum atomic E-state index is 0.874. The Bertz CT molecular complexity index is 2390. The summed E-state index contributed by atoms with van der Waals surface area (Å²) in [6.45, 7) is 0. The van der Waals surface area contributed by atoms with Gasteiger partial charge < -0.3 is 9.97 Å². The molecule has 6 heterocycles. The molecule has 0 atom stereocenters. The fraction of sp³-hybridized carbons (Fsp3) is 0. The van der Waals surface area contributed by atoms with Crippen molar-refractivity contribution in [3.8, 4) is 44.5 Å². The number of H-pyrrole nitrogens is 2. The fourth-order valence-electron chi connectivity index (χ4n) is 6.75. The van der Waals surface area contributed by atoms with Crippen molar-refractivity contribution in [1.82, 2.24) is 24.9 Å². The molecule has 2 aliphatic heterocycles. The predicted molar refractivity (Wildman–Crippen MR) is 198 cm³/mol. The Hall–Kier alpha value is -6.59. The van der Waals surface area contributed by atoms with Gasteiger partial charge in [0.15, 0.2) is 0 Å². The van der Waals surface area contributed by atoms with Crippen LogP contribution >= 0.6 is 0 Å². The molecule has 2 aliphatic rings. The van der Waals surface area contributed by atoms with E-state index in [2.05, 4.69) is 142 Å². The summed E-state index contributed by atoms with van der Waals surface area (Å²) in [5, 5.41) is 0. The van der Waals surface area contributed by atoms with Crippen molar-refractivity contribution in [2.24, 2.45) is 0 Å². The maximum absolute atomic E-state index is 5.32. The Morgan fingerprint density at radius 2 is 0.708 bits per heavy atom. The molecule has 0 saturated carbocycles. The lowest BCUT2D eigenvalue weighted by Crippen LogP contribution is -1.91. The van der Waals surface area contributed by atoms with Gasteiger partial charge in [-0.15, -0.1) is 0 Å². The van der Waals surface area contributed by atoms with Crippen molar-refractivity contribution in [2.45, 2.75) is 0 Å². The highest BCUT2D eigenvalue weighted by Gasteiger charge is 2.19. The van der Waals surface area contributed by atoms with Gasteiger partial charge in [0.1, 0.15) is 0 Å². The summed E-state index contributed by atoms with van der Waals surface area (Å²) in [7, 11) is 0. The molecule has 3 aromatic carbocycles. The molecule has 0 amide bonds. The van der Waals surface area contributed by atoms with Gasteiger partial charge in [0.2, 0.25) is 0 Å². The monoisotopic (exact) mass is 615 g/mol. The maximum Gasteiger partial charge on any atom is 0.0738 e. The van der Waals surface area contributed by atoms with E-state index in [-0.39, 0.29) is 0 Å². The molecule has 0 fully saturated rings. The SMILES string of the molecule is C1=Cc2nc1c(-c1ccccc1)c1nc(c(-c3ccccc3)c3ccc([nH]3)c(-c3cccnc3)c3ccc([nH]3)c2-c2ccccc2)C=C1. The molecule has 0 unspecified atom stereocenters. The van der Waals surface area contributed by atoms with E-state index >= 15 is 0 Å². The van der Waals surface area contributed by atoms with Crippen molar-refractivity contribution in [2.75, 3.05) is 0 Å². The first-order valence-corrected chi connectivity index (χ1v) is 16.0. The number of benzene rings is 3. The summed E-state index contributed by atoms with van der Waals surface area (Å²) >= 11 is 0. The van der Waals surface area contributed by atoms with Crippen molar-refractivity contribution >= 4 is 46.4 Å². The van der Waals surface area contributed by atoms with E-state index in [1.165, 1.54) is 0 Å². The third-order valence-electron chi connectivity index (χ3n) is 8.89. The third kappa shape index (κ3) is 4.86. The highest BCUT2D eigenvalue weighted by atomic mass is 14.8. The summed E-state index contributed by atoms with van der Waals surface area (Å²) in [6, 6.07) is 44.0. The molecule has 226 valence electrons. The van der Waals surface area contributed by atoms with Crippen LogP contribution in [0.15, 0.2) is 140 Å². The number of pyridine rings is 1. The van der Waals surface area contributed by atoms with Gasteiger partial charge in [-0.25, -0.2) is 9.97 Å². The number of fused-ring (bicyclic) bond motifs is 8. The number of hydrogen-bond donors (Lipinski definition) is 2. The van der Waals surface area contributed by atoms with Crippen LogP contribution < -0.4 is 0 Å². The van der Waals surface area contributed by atoms with Gasteiger partial charge in [-0.3, -0.25) is 4.98 Å². The summed E-state index contributed by atoms with van der Waals surface area (Å²) in [5.41, 5.74) is 15.8. The van der Waals surface area contributed by atoms with Crippen LogP contribution in [0.25, 0.3) is 90.9 Å². The van der Waals surface area contributed by atoms with Crippen molar-refractivity contribution in [3.63, 3.8) is 0 Å². The van der Waals surface area contributed by atoms with Crippen LogP contribution in [-0.2, 0) is 0 Å². The van der Waals surface area contributed by atoms with Gasteiger partial charge in [-0.1, -0.05) is 97.1 Å². The topological polar surface area (TPSA) is 70.2 Å². The molecule has 5 nitrogen and oxygen atoms in total. The highest BCUT2D eigenvalue weighted by Crippen LogP contribution is 2.38. The van der Waals surface area contributed by atoms with E-state index in [1.54, 1.807) is 6.20 Å². The lowest BCUT2D eigenvalue weighted by molar-refractivity contribution is 1.28. The van der Waals surface area contributed by atoms with Gasteiger partial charge in [-0.05, 0) is 71.3 Å². The zero-order chi connectivity index (χ0) is 31.9. The van der Waals surface area contributed by atoms with Gasteiger partial charge >= 0.3 is 0 Å². The van der Waals surface area contributed by atoms with Crippen LogP contribution in [-0.4, -0.2) is 24.9 Å². The number of aromatic nitrogens is 5. The minimum Gasteiger partial charge on any atom is -0.354 e. The molecule has 5 heteroatoms. The number of nitrogens with one attached hydrogen (secondary N) is 2. The van der Waals surface area contributed by atoms with E-state index in [0.717, 1.165) is 89.4 Å². The Labute approximate surface area is 277 Å². The molecule has 0 spiro atoms. The summed E-state index contributed by atoms with van der Waals surface area (Å²) in [5.74, 6) is 0. The second-order valence-electron chi connectivity index (χ2n) is 11.8. The zero-order valence-electron chi connectivity index (χ0n) is 25.9. The average molecular weight is 616 g/mol. The van der Waals surface area contributed by atoms with E-state index in [1.807, 2.05) is 30.5 Å². The molecular formula is C43H29N5. The van der Waals surface area contributed by atoms with E-state index in [9.17, 15) is 0 Å². The smallest absolute Gasteiger partial charge is 0.0738 e.